The minimum Gasteiger partial charge on any atom is -0.472 e. The second-order valence-corrected chi connectivity index (χ2v) is 7.83. The van der Waals surface area contributed by atoms with Crippen molar-refractivity contribution in [2.24, 2.45) is 17.6 Å². The van der Waals surface area contributed by atoms with Crippen molar-refractivity contribution in [2.45, 2.75) is 51.8 Å². The number of Topliss-reactive ketones (excluding diaryl/α,β-unsaturated/α-hetero) is 1. The van der Waals surface area contributed by atoms with Crippen LogP contribution >= 0.6 is 0 Å². The molecule has 1 aliphatic rings. The highest BCUT2D eigenvalue weighted by atomic mass is 16.5. The summed E-state index contributed by atoms with van der Waals surface area (Å²) < 4.78 is 10.1. The number of nitrogens with zero attached hydrogens (tertiary/aromatic N) is 1. The third-order valence-electron chi connectivity index (χ3n) is 5.50. The molecular formula is C20H29N3O6. The predicted octanol–water partition coefficient (Wildman–Crippen LogP) is 0.731. The fourth-order valence-electron chi connectivity index (χ4n) is 3.21. The largest absolute Gasteiger partial charge is 0.472 e. The van der Waals surface area contributed by atoms with Crippen molar-refractivity contribution in [2.75, 3.05) is 13.7 Å². The van der Waals surface area contributed by atoms with Gasteiger partial charge in [0, 0.05) is 7.05 Å². The summed E-state index contributed by atoms with van der Waals surface area (Å²) in [7, 11) is 1.42. The van der Waals surface area contributed by atoms with Gasteiger partial charge in [-0.05, 0) is 30.7 Å². The second-order valence-electron chi connectivity index (χ2n) is 7.83. The van der Waals surface area contributed by atoms with Crippen LogP contribution in [0.5, 0.6) is 0 Å². The van der Waals surface area contributed by atoms with Crippen LogP contribution in [0.2, 0.25) is 0 Å². The average molecular weight is 407 g/mol. The second kappa shape index (κ2) is 9.69. The van der Waals surface area contributed by atoms with E-state index in [-0.39, 0.29) is 12.2 Å². The highest BCUT2D eigenvalue weighted by Crippen LogP contribution is 2.21. The lowest BCUT2D eigenvalue weighted by molar-refractivity contribution is -0.141. The van der Waals surface area contributed by atoms with Gasteiger partial charge in [0.25, 0.3) is 5.91 Å². The molecule has 9 nitrogen and oxygen atoms in total. The molecule has 3 N–H and O–H groups in total. The van der Waals surface area contributed by atoms with E-state index in [4.69, 9.17) is 14.9 Å². The van der Waals surface area contributed by atoms with Crippen molar-refractivity contribution < 1.29 is 28.3 Å². The number of primary amides is 1. The minimum atomic E-state index is -1.20. The number of ether oxygens (including phenoxy) is 1. The summed E-state index contributed by atoms with van der Waals surface area (Å²) in [6, 6.07) is -0.476. The molecule has 2 heterocycles. The van der Waals surface area contributed by atoms with Crippen LogP contribution in [0, 0.1) is 11.8 Å². The van der Waals surface area contributed by atoms with Crippen LogP contribution in [0.25, 0.3) is 0 Å². The lowest BCUT2D eigenvalue weighted by Gasteiger charge is -2.30. The van der Waals surface area contributed by atoms with E-state index in [1.165, 1.54) is 25.6 Å². The zero-order chi connectivity index (χ0) is 21.7. The van der Waals surface area contributed by atoms with Crippen molar-refractivity contribution in [1.29, 1.82) is 0 Å². The van der Waals surface area contributed by atoms with E-state index in [0.717, 1.165) is 4.90 Å². The summed E-state index contributed by atoms with van der Waals surface area (Å²) in [6.07, 6.45) is 2.53. The van der Waals surface area contributed by atoms with Gasteiger partial charge < -0.3 is 25.1 Å². The lowest BCUT2D eigenvalue weighted by Crippen LogP contribution is -2.56. The average Bonchev–Trinajstić information content (AvgIpc) is 3.33. The van der Waals surface area contributed by atoms with E-state index in [9.17, 15) is 19.2 Å². The molecule has 1 aromatic rings. The van der Waals surface area contributed by atoms with Gasteiger partial charge in [-0.1, -0.05) is 20.8 Å². The number of nitrogens with two attached hydrogens (primary N) is 1. The first-order valence-corrected chi connectivity index (χ1v) is 9.66. The molecule has 0 spiro atoms. The molecule has 0 aliphatic carbocycles. The molecule has 3 unspecified atom stereocenters. The van der Waals surface area contributed by atoms with E-state index in [1.54, 1.807) is 0 Å². The van der Waals surface area contributed by atoms with Crippen LogP contribution in [0.4, 0.5) is 0 Å². The Morgan fingerprint density at radius 1 is 1.28 bits per heavy atom. The Hall–Kier alpha value is -2.68. The van der Waals surface area contributed by atoms with Gasteiger partial charge in [-0.2, -0.15) is 0 Å². The molecule has 160 valence electrons. The molecule has 1 aliphatic heterocycles. The van der Waals surface area contributed by atoms with Crippen LogP contribution in [0.1, 0.15) is 44.0 Å². The number of ketones is 1. The molecule has 0 aromatic carbocycles. The minimum absolute atomic E-state index is 0.285. The number of carbonyl (C=O) groups is 4. The van der Waals surface area contributed by atoms with Crippen molar-refractivity contribution in [3.05, 3.63) is 24.2 Å². The smallest absolute Gasteiger partial charge is 0.255 e. The van der Waals surface area contributed by atoms with Gasteiger partial charge in [0.15, 0.2) is 11.9 Å². The van der Waals surface area contributed by atoms with Gasteiger partial charge in [0.2, 0.25) is 11.8 Å². The highest BCUT2D eigenvalue weighted by Gasteiger charge is 2.45. The van der Waals surface area contributed by atoms with Crippen molar-refractivity contribution in [1.82, 2.24) is 10.2 Å². The zero-order valence-corrected chi connectivity index (χ0v) is 17.2. The van der Waals surface area contributed by atoms with Gasteiger partial charge >= 0.3 is 0 Å². The van der Waals surface area contributed by atoms with E-state index in [0.29, 0.717) is 24.7 Å². The van der Waals surface area contributed by atoms with Crippen LogP contribution in [0.15, 0.2) is 23.0 Å². The summed E-state index contributed by atoms with van der Waals surface area (Å²) in [4.78, 5) is 50.6. The highest BCUT2D eigenvalue weighted by molar-refractivity contribution is 6.00. The third kappa shape index (κ3) is 5.44. The quantitative estimate of drug-likeness (QED) is 0.620. The van der Waals surface area contributed by atoms with Gasteiger partial charge in [-0.3, -0.25) is 19.2 Å². The van der Waals surface area contributed by atoms with Gasteiger partial charge in [0.05, 0.1) is 11.8 Å². The zero-order valence-electron chi connectivity index (χ0n) is 17.2. The normalized spacial score (nSPS) is 21.1. The van der Waals surface area contributed by atoms with E-state index in [2.05, 4.69) is 26.1 Å². The Balaban J connectivity index is 2.18. The maximum Gasteiger partial charge on any atom is 0.255 e. The maximum absolute atomic E-state index is 13.2. The van der Waals surface area contributed by atoms with Gasteiger partial charge in [-0.25, -0.2) is 0 Å². The van der Waals surface area contributed by atoms with Crippen molar-refractivity contribution in [3.8, 4) is 0 Å². The molecular weight excluding hydrogens is 378 g/mol. The first-order chi connectivity index (χ1) is 13.6. The van der Waals surface area contributed by atoms with Gasteiger partial charge in [-0.15, -0.1) is 0 Å². The first kappa shape index (κ1) is 22.6. The Labute approximate surface area is 169 Å². The number of likely N-dealkylation sites (N-methyl/N-ethyl adjacent to an activating group) is 1. The number of hydrogen-bond acceptors (Lipinski definition) is 6. The molecule has 29 heavy (non-hydrogen) atoms. The standard InChI is InChI=1S/C20H29N3O6/c1-11(2)12(3)5-6-14(22-19(26)13-7-8-28-9-13)20(27)23(4)16-15(24)10-29-17(16)18(21)25/h7-9,11-12,14,16-17H,5-6,10H2,1-4H3,(H2,21,25)(H,22,26)/t12?,14-,16?,17?/m0/s1. The Kier molecular flexibility index (Phi) is 7.55. The van der Waals surface area contributed by atoms with Crippen LogP contribution in [-0.4, -0.2) is 60.2 Å². The molecule has 1 fully saturated rings. The van der Waals surface area contributed by atoms with Crippen LogP contribution < -0.4 is 11.1 Å². The molecule has 1 aromatic heterocycles. The third-order valence-corrected chi connectivity index (χ3v) is 5.50. The van der Waals surface area contributed by atoms with Crippen molar-refractivity contribution >= 4 is 23.5 Å². The van der Waals surface area contributed by atoms with E-state index >= 15 is 0 Å². The summed E-state index contributed by atoms with van der Waals surface area (Å²) >= 11 is 0. The Morgan fingerprint density at radius 2 is 1.97 bits per heavy atom. The van der Waals surface area contributed by atoms with E-state index < -0.39 is 41.7 Å². The summed E-state index contributed by atoms with van der Waals surface area (Å²) in [6.45, 7) is 5.96. The molecule has 0 saturated carbocycles. The number of furan rings is 1. The lowest BCUT2D eigenvalue weighted by atomic mass is 9.91. The topological polar surface area (TPSA) is 132 Å². The molecule has 1 saturated heterocycles. The molecule has 0 radical (unpaired) electrons. The molecule has 2 rings (SSSR count). The number of carbonyl (C=O) groups excluding carboxylic acids is 4. The van der Waals surface area contributed by atoms with Crippen LogP contribution in [-0.2, 0) is 19.1 Å². The molecule has 9 heteroatoms. The summed E-state index contributed by atoms with van der Waals surface area (Å²) in [5.74, 6) is -1.41. The summed E-state index contributed by atoms with van der Waals surface area (Å²) in [5.41, 5.74) is 5.60. The number of hydrogen-bond donors (Lipinski definition) is 2. The van der Waals surface area contributed by atoms with E-state index in [1.807, 2.05) is 0 Å². The Bertz CT molecular complexity index is 745. The predicted molar refractivity (Wildman–Crippen MR) is 104 cm³/mol. The number of rotatable bonds is 9. The first-order valence-electron chi connectivity index (χ1n) is 9.66. The molecule has 4 atom stereocenters. The fraction of sp³-hybridized carbons (Fsp3) is 0.600. The molecule has 0 bridgehead atoms. The SMILES string of the molecule is CC(C)C(C)CC[C@H](NC(=O)c1ccoc1)C(=O)N(C)C1C(=O)COC1C(N)=O. The summed E-state index contributed by atoms with van der Waals surface area (Å²) in [5, 5.41) is 2.72. The number of nitrogens with one attached hydrogen (secondary N) is 1. The van der Waals surface area contributed by atoms with Gasteiger partial charge in [0.1, 0.15) is 25.0 Å². The fourth-order valence-corrected chi connectivity index (χ4v) is 3.21. The molecule has 3 amide bonds. The monoisotopic (exact) mass is 407 g/mol. The maximum atomic E-state index is 13.2. The Morgan fingerprint density at radius 3 is 2.52 bits per heavy atom. The van der Waals surface area contributed by atoms with Crippen LogP contribution in [0.3, 0.4) is 0 Å². The van der Waals surface area contributed by atoms with Crippen molar-refractivity contribution in [3.63, 3.8) is 0 Å². The number of amides is 3.